The molecule has 0 atom stereocenters. The highest BCUT2D eigenvalue weighted by molar-refractivity contribution is 8.18. The molecule has 1 aliphatic heterocycles. The van der Waals surface area contributed by atoms with Crippen LogP contribution in [0.4, 0.5) is 4.39 Å². The molecule has 0 fully saturated rings. The van der Waals surface area contributed by atoms with Crippen LogP contribution >= 0.6 is 23.4 Å². The lowest BCUT2D eigenvalue weighted by molar-refractivity contribution is -0.113. The van der Waals surface area contributed by atoms with Crippen molar-refractivity contribution in [2.24, 2.45) is 10.7 Å². The molecule has 0 aliphatic carbocycles. The average Bonchev–Trinajstić information content (AvgIpc) is 2.86. The van der Waals surface area contributed by atoms with Crippen LogP contribution in [0.3, 0.4) is 0 Å². The molecule has 7 heteroatoms. The first-order chi connectivity index (χ1) is 11.5. The van der Waals surface area contributed by atoms with Gasteiger partial charge >= 0.3 is 0 Å². The molecule has 1 heterocycles. The number of hydrogen-bond acceptors (Lipinski definition) is 4. The van der Waals surface area contributed by atoms with E-state index in [-0.39, 0.29) is 23.2 Å². The van der Waals surface area contributed by atoms with E-state index in [0.29, 0.717) is 21.2 Å². The zero-order valence-corrected chi connectivity index (χ0v) is 13.9. The summed E-state index contributed by atoms with van der Waals surface area (Å²) in [7, 11) is 0. The molecule has 2 aromatic rings. The fourth-order valence-corrected chi connectivity index (χ4v) is 3.01. The fourth-order valence-electron chi connectivity index (χ4n) is 2.12. The van der Waals surface area contributed by atoms with E-state index in [1.54, 1.807) is 30.3 Å². The van der Waals surface area contributed by atoms with Crippen LogP contribution in [0.2, 0.25) is 5.02 Å². The summed E-state index contributed by atoms with van der Waals surface area (Å²) >= 11 is 7.10. The maximum atomic E-state index is 13.8. The Bertz CT molecular complexity index is 847. The van der Waals surface area contributed by atoms with Crippen LogP contribution in [0.25, 0.3) is 6.08 Å². The SMILES string of the molecule is NC1=NC(=O)/C(=C\c2ccccc2OCc2c(F)cccc2Cl)S1. The number of amidine groups is 1. The Balaban J connectivity index is 1.83. The summed E-state index contributed by atoms with van der Waals surface area (Å²) in [5.74, 6) is -0.311. The van der Waals surface area contributed by atoms with E-state index in [9.17, 15) is 9.18 Å². The summed E-state index contributed by atoms with van der Waals surface area (Å²) in [5, 5.41) is 0.510. The Morgan fingerprint density at radius 2 is 2.04 bits per heavy atom. The molecule has 0 unspecified atom stereocenters. The Hall–Kier alpha value is -2.31. The monoisotopic (exact) mass is 362 g/mol. The highest BCUT2D eigenvalue weighted by atomic mass is 35.5. The van der Waals surface area contributed by atoms with Crippen molar-refractivity contribution >= 4 is 40.5 Å². The predicted molar refractivity (Wildman–Crippen MR) is 94.4 cm³/mol. The first-order valence-electron chi connectivity index (χ1n) is 6.97. The topological polar surface area (TPSA) is 64.7 Å². The van der Waals surface area contributed by atoms with Gasteiger partial charge in [-0.25, -0.2) is 4.39 Å². The molecule has 0 radical (unpaired) electrons. The van der Waals surface area contributed by atoms with E-state index in [2.05, 4.69) is 4.99 Å². The molecule has 0 saturated heterocycles. The van der Waals surface area contributed by atoms with Gasteiger partial charge < -0.3 is 10.5 Å². The number of halogens is 2. The van der Waals surface area contributed by atoms with Crippen molar-refractivity contribution in [3.05, 3.63) is 69.3 Å². The summed E-state index contributed by atoms with van der Waals surface area (Å²) in [6.07, 6.45) is 1.65. The molecule has 0 spiro atoms. The summed E-state index contributed by atoms with van der Waals surface area (Å²) in [6, 6.07) is 11.6. The smallest absolute Gasteiger partial charge is 0.286 e. The van der Waals surface area contributed by atoms with Crippen molar-refractivity contribution in [2.75, 3.05) is 0 Å². The number of hydrogen-bond donors (Lipinski definition) is 1. The number of carbonyl (C=O) groups is 1. The third kappa shape index (κ3) is 3.60. The van der Waals surface area contributed by atoms with Crippen molar-refractivity contribution < 1.29 is 13.9 Å². The van der Waals surface area contributed by atoms with Gasteiger partial charge in [0.2, 0.25) is 0 Å². The maximum Gasteiger partial charge on any atom is 0.286 e. The standard InChI is InChI=1S/C17H12ClFN2O2S/c18-12-5-3-6-13(19)11(12)9-23-14-7-2-1-4-10(14)8-15-16(22)21-17(20)24-15/h1-8H,9H2,(H2,20,21,22)/b15-8+. The van der Waals surface area contributed by atoms with Crippen LogP contribution < -0.4 is 10.5 Å². The minimum Gasteiger partial charge on any atom is -0.488 e. The van der Waals surface area contributed by atoms with Gasteiger partial charge in [-0.15, -0.1) is 0 Å². The zero-order chi connectivity index (χ0) is 17.1. The molecule has 2 N–H and O–H groups in total. The van der Waals surface area contributed by atoms with Crippen molar-refractivity contribution in [3.63, 3.8) is 0 Å². The van der Waals surface area contributed by atoms with Crippen LogP contribution in [0.15, 0.2) is 52.4 Å². The lowest BCUT2D eigenvalue weighted by Crippen LogP contribution is -2.01. The molecule has 1 amide bonds. The minimum atomic E-state index is -0.430. The van der Waals surface area contributed by atoms with Gasteiger partial charge in [0.1, 0.15) is 18.2 Å². The van der Waals surface area contributed by atoms with Gasteiger partial charge in [0, 0.05) is 11.1 Å². The number of amides is 1. The number of nitrogens with two attached hydrogens (primary N) is 1. The van der Waals surface area contributed by atoms with E-state index >= 15 is 0 Å². The molecule has 1 aliphatic rings. The first-order valence-corrected chi connectivity index (χ1v) is 8.17. The van der Waals surface area contributed by atoms with E-state index in [1.165, 1.54) is 12.1 Å². The first kappa shape index (κ1) is 16.5. The summed E-state index contributed by atoms with van der Waals surface area (Å²) in [4.78, 5) is 15.8. The number of carbonyl (C=O) groups excluding carboxylic acids is 1. The maximum absolute atomic E-state index is 13.8. The average molecular weight is 363 g/mol. The molecule has 0 aromatic heterocycles. The molecular formula is C17H12ClFN2O2S. The van der Waals surface area contributed by atoms with E-state index in [1.807, 2.05) is 6.07 Å². The summed E-state index contributed by atoms with van der Waals surface area (Å²) < 4.78 is 19.5. The van der Waals surface area contributed by atoms with Crippen LogP contribution in [0, 0.1) is 5.82 Å². The lowest BCUT2D eigenvalue weighted by atomic mass is 10.1. The number of ether oxygens (including phenoxy) is 1. The van der Waals surface area contributed by atoms with E-state index < -0.39 is 5.82 Å². The summed E-state index contributed by atoms with van der Waals surface area (Å²) in [5.41, 5.74) is 6.49. The van der Waals surface area contributed by atoms with Gasteiger partial charge in [0.05, 0.1) is 9.93 Å². The molecule has 0 bridgehead atoms. The second kappa shape index (κ2) is 7.07. The molecule has 24 heavy (non-hydrogen) atoms. The van der Waals surface area contributed by atoms with Gasteiger partial charge in [-0.3, -0.25) is 4.79 Å². The number of benzene rings is 2. The zero-order valence-electron chi connectivity index (χ0n) is 12.3. The van der Waals surface area contributed by atoms with Crippen LogP contribution in [-0.4, -0.2) is 11.1 Å². The van der Waals surface area contributed by atoms with Crippen molar-refractivity contribution in [1.29, 1.82) is 0 Å². The lowest BCUT2D eigenvalue weighted by Gasteiger charge is -2.11. The molecule has 2 aromatic carbocycles. The second-order valence-electron chi connectivity index (χ2n) is 4.89. The van der Waals surface area contributed by atoms with Crippen LogP contribution in [0.5, 0.6) is 5.75 Å². The number of aliphatic imine (C=N–C) groups is 1. The third-order valence-electron chi connectivity index (χ3n) is 3.28. The Labute approximate surface area is 147 Å². The van der Waals surface area contributed by atoms with E-state index in [0.717, 1.165) is 11.8 Å². The normalized spacial score (nSPS) is 15.7. The van der Waals surface area contributed by atoms with Crippen LogP contribution in [0.1, 0.15) is 11.1 Å². The molecule has 3 rings (SSSR count). The molecule has 4 nitrogen and oxygen atoms in total. The van der Waals surface area contributed by atoms with E-state index in [4.69, 9.17) is 22.1 Å². The van der Waals surface area contributed by atoms with Crippen molar-refractivity contribution in [3.8, 4) is 5.75 Å². The molecule has 0 saturated carbocycles. The molecule has 122 valence electrons. The van der Waals surface area contributed by atoms with Crippen molar-refractivity contribution in [2.45, 2.75) is 6.61 Å². The summed E-state index contributed by atoms with van der Waals surface area (Å²) in [6.45, 7) is -0.0224. The fraction of sp³-hybridized carbons (Fsp3) is 0.0588. The Morgan fingerprint density at radius 3 is 2.75 bits per heavy atom. The highest BCUT2D eigenvalue weighted by Gasteiger charge is 2.20. The number of rotatable bonds is 4. The van der Waals surface area contributed by atoms with Crippen LogP contribution in [-0.2, 0) is 11.4 Å². The number of nitrogens with zero attached hydrogens (tertiary/aromatic N) is 1. The number of thioether (sulfide) groups is 1. The van der Waals surface area contributed by atoms with Gasteiger partial charge in [0.25, 0.3) is 5.91 Å². The van der Waals surface area contributed by atoms with Gasteiger partial charge in [0.15, 0.2) is 5.17 Å². The quantitative estimate of drug-likeness (QED) is 0.835. The third-order valence-corrected chi connectivity index (χ3v) is 4.44. The molecular weight excluding hydrogens is 351 g/mol. The second-order valence-corrected chi connectivity index (χ2v) is 6.36. The Morgan fingerprint density at radius 1 is 1.25 bits per heavy atom. The largest absolute Gasteiger partial charge is 0.488 e. The number of para-hydroxylation sites is 1. The Kier molecular flexibility index (Phi) is 4.87. The van der Waals surface area contributed by atoms with Crippen molar-refractivity contribution in [1.82, 2.24) is 0 Å². The van der Waals surface area contributed by atoms with Gasteiger partial charge in [-0.2, -0.15) is 4.99 Å². The minimum absolute atomic E-state index is 0.0224. The van der Waals surface area contributed by atoms with Gasteiger partial charge in [-0.1, -0.05) is 35.9 Å². The predicted octanol–water partition coefficient (Wildman–Crippen LogP) is 3.99. The van der Waals surface area contributed by atoms with Gasteiger partial charge in [-0.05, 0) is 36.0 Å². The highest BCUT2D eigenvalue weighted by Crippen LogP contribution is 2.30.